The summed E-state index contributed by atoms with van der Waals surface area (Å²) in [7, 11) is 0. The molecular formula is C48H43N. The van der Waals surface area contributed by atoms with Gasteiger partial charge in [-0.15, -0.1) is 0 Å². The fourth-order valence-corrected chi connectivity index (χ4v) is 6.33. The molecule has 0 aliphatic heterocycles. The Labute approximate surface area is 292 Å². The molecule has 7 aromatic carbocycles. The van der Waals surface area contributed by atoms with Crippen LogP contribution >= 0.6 is 0 Å². The lowest BCUT2D eigenvalue weighted by Crippen LogP contribution is -2.09. The normalized spacial score (nSPS) is 10.8. The Balaban J connectivity index is 0.000000531. The van der Waals surface area contributed by atoms with E-state index in [-0.39, 0.29) is 0 Å². The first kappa shape index (κ1) is 33.0. The highest BCUT2D eigenvalue weighted by molar-refractivity contribution is 5.87. The van der Waals surface area contributed by atoms with Gasteiger partial charge >= 0.3 is 0 Å². The van der Waals surface area contributed by atoms with E-state index < -0.39 is 0 Å². The average molecular weight is 634 g/mol. The van der Waals surface area contributed by atoms with Gasteiger partial charge in [-0.2, -0.15) is 0 Å². The summed E-state index contributed by atoms with van der Waals surface area (Å²) >= 11 is 0. The second kappa shape index (κ2) is 15.8. The molecule has 240 valence electrons. The van der Waals surface area contributed by atoms with E-state index >= 15 is 0 Å². The van der Waals surface area contributed by atoms with Gasteiger partial charge in [-0.3, -0.25) is 0 Å². The Morgan fingerprint density at radius 3 is 1.33 bits per heavy atom. The first-order valence-corrected chi connectivity index (χ1v) is 17.0. The van der Waals surface area contributed by atoms with Crippen molar-refractivity contribution in [2.24, 2.45) is 0 Å². The van der Waals surface area contributed by atoms with Crippen LogP contribution in [0, 0.1) is 20.8 Å². The number of nitrogens with zero attached hydrogens (tertiary/aromatic N) is 1. The lowest BCUT2D eigenvalue weighted by atomic mass is 9.90. The highest BCUT2D eigenvalue weighted by Crippen LogP contribution is 2.38. The van der Waals surface area contributed by atoms with E-state index in [2.05, 4.69) is 202 Å². The molecule has 0 aliphatic rings. The van der Waals surface area contributed by atoms with Crippen molar-refractivity contribution in [1.29, 1.82) is 0 Å². The third-order valence-electron chi connectivity index (χ3n) is 8.77. The van der Waals surface area contributed by atoms with E-state index in [1.165, 1.54) is 55.6 Å². The number of anilines is 3. The Morgan fingerprint density at radius 1 is 0.388 bits per heavy atom. The predicted octanol–water partition coefficient (Wildman–Crippen LogP) is 13.8. The molecule has 1 heteroatoms. The van der Waals surface area contributed by atoms with Crippen molar-refractivity contribution >= 4 is 23.1 Å². The molecule has 0 bridgehead atoms. The molecular weight excluding hydrogens is 591 g/mol. The molecule has 0 spiro atoms. The number of aryl methyl sites for hydroxylation is 3. The number of hydrogen-bond donors (Lipinski definition) is 0. The van der Waals surface area contributed by atoms with Crippen molar-refractivity contribution in [2.75, 3.05) is 4.90 Å². The number of benzene rings is 7. The van der Waals surface area contributed by atoms with Crippen molar-refractivity contribution in [3.05, 3.63) is 204 Å². The molecule has 0 amide bonds. The van der Waals surface area contributed by atoms with E-state index in [4.69, 9.17) is 0 Å². The summed E-state index contributed by atoms with van der Waals surface area (Å²) in [5.74, 6) is 0. The molecule has 49 heavy (non-hydrogen) atoms. The monoisotopic (exact) mass is 633 g/mol. The smallest absolute Gasteiger partial charge is 0.0462 e. The van der Waals surface area contributed by atoms with Crippen LogP contribution in [0.15, 0.2) is 182 Å². The molecule has 0 radical (unpaired) electrons. The third-order valence-corrected chi connectivity index (χ3v) is 8.77. The van der Waals surface area contributed by atoms with Gasteiger partial charge in [-0.1, -0.05) is 157 Å². The minimum atomic E-state index is 1.13. The maximum Gasteiger partial charge on any atom is 0.0462 e. The zero-order valence-corrected chi connectivity index (χ0v) is 28.8. The van der Waals surface area contributed by atoms with Gasteiger partial charge in [-0.05, 0) is 114 Å². The van der Waals surface area contributed by atoms with Gasteiger partial charge in [0.05, 0.1) is 0 Å². The lowest BCUT2D eigenvalue weighted by Gasteiger charge is -2.25. The summed E-state index contributed by atoms with van der Waals surface area (Å²) in [6.45, 7) is 8.56. The van der Waals surface area contributed by atoms with Gasteiger partial charge in [0.2, 0.25) is 0 Å². The van der Waals surface area contributed by atoms with Gasteiger partial charge in [0.25, 0.3) is 0 Å². The Kier molecular flexibility index (Phi) is 10.6. The van der Waals surface area contributed by atoms with Crippen LogP contribution in [0.3, 0.4) is 0 Å². The minimum Gasteiger partial charge on any atom is -0.311 e. The topological polar surface area (TPSA) is 3.24 Å². The van der Waals surface area contributed by atoms with Gasteiger partial charge in [0.15, 0.2) is 0 Å². The summed E-state index contributed by atoms with van der Waals surface area (Å²) in [6.07, 6.45) is 4.24. The molecule has 1 nitrogen and oxygen atoms in total. The number of rotatable bonds is 7. The summed E-state index contributed by atoms with van der Waals surface area (Å²) in [5, 5.41) is 0. The largest absolute Gasteiger partial charge is 0.311 e. The van der Waals surface area contributed by atoms with Crippen LogP contribution in [0.1, 0.15) is 29.2 Å². The molecule has 0 fully saturated rings. The summed E-state index contributed by atoms with van der Waals surface area (Å²) < 4.78 is 0. The maximum absolute atomic E-state index is 2.33. The summed E-state index contributed by atoms with van der Waals surface area (Å²) in [5.41, 5.74) is 16.0. The van der Waals surface area contributed by atoms with Crippen molar-refractivity contribution in [2.45, 2.75) is 27.7 Å². The maximum atomic E-state index is 2.33. The van der Waals surface area contributed by atoms with Gasteiger partial charge < -0.3 is 4.90 Å². The summed E-state index contributed by atoms with van der Waals surface area (Å²) in [4.78, 5) is 2.30. The lowest BCUT2D eigenvalue weighted by molar-refractivity contribution is 1.28. The van der Waals surface area contributed by atoms with Gasteiger partial charge in [-0.25, -0.2) is 0 Å². The zero-order valence-electron chi connectivity index (χ0n) is 28.8. The van der Waals surface area contributed by atoms with Crippen LogP contribution in [-0.4, -0.2) is 0 Å². The van der Waals surface area contributed by atoms with Crippen LogP contribution in [0.5, 0.6) is 0 Å². The third kappa shape index (κ3) is 7.97. The van der Waals surface area contributed by atoms with E-state index in [9.17, 15) is 0 Å². The molecule has 0 aromatic heterocycles. The molecule has 0 unspecified atom stereocenters. The number of para-hydroxylation sites is 2. The number of allylic oxidation sites excluding steroid dienone is 1. The van der Waals surface area contributed by atoms with Crippen LogP contribution < -0.4 is 4.90 Å². The van der Waals surface area contributed by atoms with Crippen molar-refractivity contribution in [1.82, 2.24) is 0 Å². The first-order valence-electron chi connectivity index (χ1n) is 17.0. The van der Waals surface area contributed by atoms with Crippen LogP contribution in [0.2, 0.25) is 0 Å². The average Bonchev–Trinajstić information content (AvgIpc) is 3.14. The minimum absolute atomic E-state index is 1.13. The van der Waals surface area contributed by atoms with Gasteiger partial charge in [0, 0.05) is 17.1 Å². The molecule has 0 saturated heterocycles. The van der Waals surface area contributed by atoms with E-state index in [1.54, 1.807) is 0 Å². The molecule has 7 rings (SSSR count). The Hall–Kier alpha value is -5.92. The number of hydrogen-bond acceptors (Lipinski definition) is 1. The standard InChI is InChI=1S/C41H35N.C7H8/c1-4-13-32-20-26-38(30(2)28-32)39-27-23-34(29-31(39)3)41-19-12-11-18-40(41)33-21-24-37(25-22-33)42(35-14-7-5-8-15-35)36-16-9-6-10-17-36;1-7-5-3-2-4-6-7/h4-29H,1-3H3;2-6H,1H3/b13-4+;. The van der Waals surface area contributed by atoms with Crippen molar-refractivity contribution in [3.8, 4) is 33.4 Å². The molecule has 0 heterocycles. The second-order valence-electron chi connectivity index (χ2n) is 12.4. The molecule has 0 atom stereocenters. The van der Waals surface area contributed by atoms with E-state index in [0.29, 0.717) is 0 Å². The molecule has 0 saturated carbocycles. The molecule has 0 aliphatic carbocycles. The van der Waals surface area contributed by atoms with Gasteiger partial charge in [0.1, 0.15) is 0 Å². The highest BCUT2D eigenvalue weighted by atomic mass is 15.1. The second-order valence-corrected chi connectivity index (χ2v) is 12.4. The van der Waals surface area contributed by atoms with Crippen molar-refractivity contribution in [3.63, 3.8) is 0 Å². The first-order chi connectivity index (χ1) is 24.0. The predicted molar refractivity (Wildman–Crippen MR) is 213 cm³/mol. The van der Waals surface area contributed by atoms with Crippen LogP contribution in [-0.2, 0) is 0 Å². The molecule has 0 N–H and O–H groups in total. The highest BCUT2D eigenvalue weighted by Gasteiger charge is 2.14. The Morgan fingerprint density at radius 2 is 0.837 bits per heavy atom. The zero-order chi connectivity index (χ0) is 34.0. The van der Waals surface area contributed by atoms with Crippen LogP contribution in [0.4, 0.5) is 17.1 Å². The Bertz CT molecular complexity index is 2090. The SMILES string of the molecule is C/C=C/c1ccc(-c2ccc(-c3ccccc3-c3ccc(N(c4ccccc4)c4ccccc4)cc3)cc2C)c(C)c1.Cc1ccccc1. The quantitative estimate of drug-likeness (QED) is 0.169. The van der Waals surface area contributed by atoms with Crippen molar-refractivity contribution < 1.29 is 0 Å². The van der Waals surface area contributed by atoms with Crippen LogP contribution in [0.25, 0.3) is 39.5 Å². The van der Waals surface area contributed by atoms with E-state index in [1.807, 2.05) is 18.2 Å². The summed E-state index contributed by atoms with van der Waals surface area (Å²) in [6, 6.07) is 62.6. The fraction of sp³-hybridized carbons (Fsp3) is 0.0833. The fourth-order valence-electron chi connectivity index (χ4n) is 6.33. The van der Waals surface area contributed by atoms with E-state index in [0.717, 1.165) is 17.1 Å². The molecule has 7 aromatic rings.